The molecule has 2 heteroatoms. The van der Waals surface area contributed by atoms with Crippen LogP contribution in [0.15, 0.2) is 36.4 Å². The van der Waals surface area contributed by atoms with Gasteiger partial charge in [-0.1, -0.05) is 24.3 Å². The number of benzene rings is 3. The van der Waals surface area contributed by atoms with Crippen molar-refractivity contribution in [3.05, 3.63) is 47.5 Å². The van der Waals surface area contributed by atoms with E-state index in [-0.39, 0.29) is 0 Å². The van der Waals surface area contributed by atoms with E-state index in [0.29, 0.717) is 0 Å². The van der Waals surface area contributed by atoms with Gasteiger partial charge in [0, 0.05) is 5.56 Å². The van der Waals surface area contributed by atoms with E-state index in [2.05, 4.69) is 30.3 Å². The fraction of sp³-hybridized carbons (Fsp3) is 0.200. The number of aryl methyl sites for hydroxylation is 2. The lowest BCUT2D eigenvalue weighted by Crippen LogP contribution is -1.93. The van der Waals surface area contributed by atoms with E-state index in [1.807, 2.05) is 6.07 Å². The predicted molar refractivity (Wildman–Crippen MR) is 88.9 cm³/mol. The standard InChI is InChI=1S/C20H16O2/c1-21-16-10-9-14-13-7-5-11-3-4-12-6-8-15(18(13)17(11)12)19(14)20(16)22-2/h5-10H,3-4H2,1-2H3. The molecule has 0 spiro atoms. The van der Waals surface area contributed by atoms with Gasteiger partial charge in [0.25, 0.3) is 0 Å². The molecular weight excluding hydrogens is 272 g/mol. The van der Waals surface area contributed by atoms with Gasteiger partial charge in [-0.2, -0.15) is 0 Å². The number of ether oxygens (including phenoxy) is 2. The molecule has 0 unspecified atom stereocenters. The van der Waals surface area contributed by atoms with E-state index in [4.69, 9.17) is 9.47 Å². The highest BCUT2D eigenvalue weighted by Gasteiger charge is 2.29. The molecule has 2 nitrogen and oxygen atoms in total. The summed E-state index contributed by atoms with van der Waals surface area (Å²) in [6, 6.07) is 13.3. The zero-order valence-corrected chi connectivity index (χ0v) is 12.7. The molecule has 0 radical (unpaired) electrons. The van der Waals surface area contributed by atoms with Crippen LogP contribution in [0.3, 0.4) is 0 Å². The van der Waals surface area contributed by atoms with Crippen molar-refractivity contribution in [3.63, 3.8) is 0 Å². The lowest BCUT2D eigenvalue weighted by Gasteiger charge is -2.13. The molecule has 0 saturated heterocycles. The summed E-state index contributed by atoms with van der Waals surface area (Å²) in [5.41, 5.74) is 8.00. The second kappa shape index (κ2) is 4.04. The summed E-state index contributed by atoms with van der Waals surface area (Å²) < 4.78 is 11.2. The van der Waals surface area contributed by atoms with Gasteiger partial charge in [-0.3, -0.25) is 0 Å². The van der Waals surface area contributed by atoms with E-state index in [9.17, 15) is 0 Å². The summed E-state index contributed by atoms with van der Waals surface area (Å²) in [5.74, 6) is 1.63. The van der Waals surface area contributed by atoms with Gasteiger partial charge >= 0.3 is 0 Å². The summed E-state index contributed by atoms with van der Waals surface area (Å²) in [5, 5.41) is 2.86. The van der Waals surface area contributed by atoms with Crippen molar-refractivity contribution >= 4 is 10.8 Å². The Balaban J connectivity index is 1.98. The van der Waals surface area contributed by atoms with Gasteiger partial charge in [0.15, 0.2) is 11.5 Å². The first-order valence-corrected chi connectivity index (χ1v) is 7.66. The van der Waals surface area contributed by atoms with Gasteiger partial charge < -0.3 is 9.47 Å². The minimum Gasteiger partial charge on any atom is -0.493 e. The third-order valence-electron chi connectivity index (χ3n) is 5.10. The molecule has 3 aromatic carbocycles. The molecule has 0 heterocycles. The molecule has 0 aromatic heterocycles. The maximum atomic E-state index is 5.69. The number of fused-ring (bicyclic) bond motifs is 3. The highest BCUT2D eigenvalue weighted by atomic mass is 16.5. The van der Waals surface area contributed by atoms with E-state index in [1.54, 1.807) is 14.2 Å². The predicted octanol–water partition coefficient (Wildman–Crippen LogP) is 4.60. The van der Waals surface area contributed by atoms with Crippen molar-refractivity contribution in [1.29, 1.82) is 0 Å². The van der Waals surface area contributed by atoms with Crippen molar-refractivity contribution in [2.45, 2.75) is 12.8 Å². The highest BCUT2D eigenvalue weighted by molar-refractivity contribution is 6.18. The Kier molecular flexibility index (Phi) is 2.22. The maximum Gasteiger partial charge on any atom is 0.169 e. The summed E-state index contributed by atoms with van der Waals surface area (Å²) in [6.45, 7) is 0. The smallest absolute Gasteiger partial charge is 0.169 e. The first kappa shape index (κ1) is 12.1. The van der Waals surface area contributed by atoms with Gasteiger partial charge in [0.2, 0.25) is 0 Å². The second-order valence-electron chi connectivity index (χ2n) is 6.02. The topological polar surface area (TPSA) is 18.5 Å². The molecule has 22 heavy (non-hydrogen) atoms. The monoisotopic (exact) mass is 288 g/mol. The van der Waals surface area contributed by atoms with Crippen molar-refractivity contribution in [3.8, 4) is 33.8 Å². The number of methoxy groups -OCH3 is 2. The molecule has 0 N–H and O–H groups in total. The quantitative estimate of drug-likeness (QED) is 0.536. The van der Waals surface area contributed by atoms with Gasteiger partial charge in [-0.25, -0.2) is 0 Å². The van der Waals surface area contributed by atoms with Crippen LogP contribution in [0.2, 0.25) is 0 Å². The molecule has 2 aliphatic rings. The van der Waals surface area contributed by atoms with E-state index < -0.39 is 0 Å². The van der Waals surface area contributed by atoms with Gasteiger partial charge in [0.05, 0.1) is 14.2 Å². The normalized spacial score (nSPS) is 13.5. The molecular formula is C20H16O2. The summed E-state index contributed by atoms with van der Waals surface area (Å²) in [6.07, 6.45) is 2.32. The van der Waals surface area contributed by atoms with Crippen LogP contribution in [0, 0.1) is 0 Å². The van der Waals surface area contributed by atoms with E-state index >= 15 is 0 Å². The first-order valence-electron chi connectivity index (χ1n) is 7.66. The van der Waals surface area contributed by atoms with Gasteiger partial charge in [-0.05, 0) is 63.6 Å². The SMILES string of the molecule is COc1ccc2c(c1OC)-c1ccc3c4c(ccc-2c14)CC3. The third kappa shape index (κ3) is 1.26. The lowest BCUT2D eigenvalue weighted by molar-refractivity contribution is 0.356. The molecule has 3 aromatic rings. The average molecular weight is 288 g/mol. The number of rotatable bonds is 2. The molecule has 0 amide bonds. The van der Waals surface area contributed by atoms with Crippen molar-refractivity contribution in [1.82, 2.24) is 0 Å². The molecule has 0 saturated carbocycles. The first-order chi connectivity index (χ1) is 10.8. The highest BCUT2D eigenvalue weighted by Crippen LogP contribution is 2.55. The molecule has 0 aliphatic heterocycles. The van der Waals surface area contributed by atoms with Crippen molar-refractivity contribution < 1.29 is 9.47 Å². The van der Waals surface area contributed by atoms with Crippen molar-refractivity contribution in [2.75, 3.05) is 14.2 Å². The lowest BCUT2D eigenvalue weighted by atomic mass is 9.99. The number of hydrogen-bond donors (Lipinski definition) is 0. The summed E-state index contributed by atoms with van der Waals surface area (Å²) in [4.78, 5) is 0. The fourth-order valence-electron chi connectivity index (χ4n) is 4.18. The van der Waals surface area contributed by atoms with Gasteiger partial charge in [-0.15, -0.1) is 0 Å². The Morgan fingerprint density at radius 3 is 2.05 bits per heavy atom. The fourth-order valence-corrected chi connectivity index (χ4v) is 4.18. The molecule has 0 bridgehead atoms. The third-order valence-corrected chi connectivity index (χ3v) is 5.10. The Morgan fingerprint density at radius 2 is 1.36 bits per heavy atom. The summed E-state index contributed by atoms with van der Waals surface area (Å²) in [7, 11) is 3.41. The van der Waals surface area contributed by atoms with Crippen LogP contribution < -0.4 is 9.47 Å². The Bertz CT molecular complexity index is 944. The van der Waals surface area contributed by atoms with E-state index in [1.165, 1.54) is 44.2 Å². The van der Waals surface area contributed by atoms with Crippen LogP contribution >= 0.6 is 0 Å². The van der Waals surface area contributed by atoms with Crippen LogP contribution in [0.1, 0.15) is 11.1 Å². The molecule has 108 valence electrons. The average Bonchev–Trinajstić information content (AvgIpc) is 3.11. The Morgan fingerprint density at radius 1 is 0.682 bits per heavy atom. The van der Waals surface area contributed by atoms with Crippen LogP contribution in [0.25, 0.3) is 33.0 Å². The molecule has 5 rings (SSSR count). The Labute approximate surface area is 129 Å². The van der Waals surface area contributed by atoms with Crippen LogP contribution in [0.5, 0.6) is 11.5 Å². The van der Waals surface area contributed by atoms with Crippen molar-refractivity contribution in [2.24, 2.45) is 0 Å². The zero-order chi connectivity index (χ0) is 14.8. The minimum absolute atomic E-state index is 0.793. The van der Waals surface area contributed by atoms with Crippen LogP contribution in [-0.4, -0.2) is 14.2 Å². The summed E-state index contributed by atoms with van der Waals surface area (Å²) >= 11 is 0. The maximum absolute atomic E-state index is 5.69. The second-order valence-corrected chi connectivity index (χ2v) is 6.02. The molecule has 0 fully saturated rings. The zero-order valence-electron chi connectivity index (χ0n) is 12.7. The van der Waals surface area contributed by atoms with E-state index in [0.717, 1.165) is 24.3 Å². The van der Waals surface area contributed by atoms with Crippen LogP contribution in [0.4, 0.5) is 0 Å². The largest absolute Gasteiger partial charge is 0.493 e. The molecule has 2 aliphatic carbocycles. The van der Waals surface area contributed by atoms with Crippen LogP contribution in [-0.2, 0) is 12.8 Å². The minimum atomic E-state index is 0.793. The molecule has 0 atom stereocenters. The Hall–Kier alpha value is -2.48. The van der Waals surface area contributed by atoms with Gasteiger partial charge in [0.1, 0.15) is 0 Å². The number of hydrogen-bond acceptors (Lipinski definition) is 2.